The summed E-state index contributed by atoms with van der Waals surface area (Å²) >= 11 is 0. The van der Waals surface area contributed by atoms with Crippen molar-refractivity contribution < 1.29 is 4.74 Å². The van der Waals surface area contributed by atoms with Crippen molar-refractivity contribution in [3.63, 3.8) is 0 Å². The van der Waals surface area contributed by atoms with Gasteiger partial charge in [0.1, 0.15) is 0 Å². The Bertz CT molecular complexity index is 198. The molecule has 1 aliphatic heterocycles. The maximum Gasteiger partial charge on any atom is 0.0619 e. The summed E-state index contributed by atoms with van der Waals surface area (Å²) in [6, 6.07) is 0.571. The third-order valence-electron chi connectivity index (χ3n) is 3.75. The maximum atomic E-state index is 5.48. The van der Waals surface area contributed by atoms with Crippen molar-refractivity contribution in [2.45, 2.75) is 40.2 Å². The molecule has 0 aromatic carbocycles. The molecule has 0 spiro atoms. The van der Waals surface area contributed by atoms with Crippen LogP contribution in [0.15, 0.2) is 0 Å². The molecule has 1 N–H and O–H groups in total. The van der Waals surface area contributed by atoms with Crippen LogP contribution >= 0.6 is 0 Å². The summed E-state index contributed by atoms with van der Waals surface area (Å²) in [5.74, 6) is 0. The number of ether oxygens (including phenoxy) is 1. The van der Waals surface area contributed by atoms with Crippen LogP contribution in [0.3, 0.4) is 0 Å². The molecule has 1 aliphatic rings. The van der Waals surface area contributed by atoms with Gasteiger partial charge < -0.3 is 10.1 Å². The molecule has 3 nitrogen and oxygen atoms in total. The van der Waals surface area contributed by atoms with Crippen molar-refractivity contribution in [1.82, 2.24) is 10.2 Å². The molecule has 0 aromatic heterocycles. The van der Waals surface area contributed by atoms with Gasteiger partial charge in [0, 0.05) is 25.7 Å². The van der Waals surface area contributed by atoms with Crippen molar-refractivity contribution in [1.29, 1.82) is 0 Å². The highest BCUT2D eigenvalue weighted by molar-refractivity contribution is 4.83. The van der Waals surface area contributed by atoms with Gasteiger partial charge in [0.25, 0.3) is 0 Å². The van der Waals surface area contributed by atoms with E-state index in [1.165, 1.54) is 13.0 Å². The van der Waals surface area contributed by atoms with Gasteiger partial charge in [0.15, 0.2) is 0 Å². The van der Waals surface area contributed by atoms with Crippen LogP contribution in [0.25, 0.3) is 0 Å². The normalized spacial score (nSPS) is 26.6. The summed E-state index contributed by atoms with van der Waals surface area (Å²) in [4.78, 5) is 2.57. The summed E-state index contributed by atoms with van der Waals surface area (Å²) in [5.41, 5.74) is 0.390. The Morgan fingerprint density at radius 3 is 2.75 bits per heavy atom. The topological polar surface area (TPSA) is 24.5 Å². The number of hydrogen-bond donors (Lipinski definition) is 1. The monoisotopic (exact) mass is 228 g/mol. The Balaban J connectivity index is 2.46. The summed E-state index contributed by atoms with van der Waals surface area (Å²) < 4.78 is 5.48. The quantitative estimate of drug-likeness (QED) is 0.749. The van der Waals surface area contributed by atoms with Crippen LogP contribution in [0, 0.1) is 5.41 Å². The van der Waals surface area contributed by atoms with E-state index in [4.69, 9.17) is 4.74 Å². The number of hydrogen-bond acceptors (Lipinski definition) is 3. The van der Waals surface area contributed by atoms with Crippen molar-refractivity contribution in [3.05, 3.63) is 0 Å². The third kappa shape index (κ3) is 4.04. The first-order valence-electron chi connectivity index (χ1n) is 6.64. The Morgan fingerprint density at radius 1 is 1.44 bits per heavy atom. The molecule has 1 rings (SSSR count). The summed E-state index contributed by atoms with van der Waals surface area (Å²) in [6.45, 7) is 15.4. The fourth-order valence-corrected chi connectivity index (χ4v) is 2.21. The molecule has 16 heavy (non-hydrogen) atoms. The van der Waals surface area contributed by atoms with Gasteiger partial charge in [-0.3, -0.25) is 4.90 Å². The standard InChI is InChI=1S/C13H28N2O/c1-5-13(4,10-14-6-2)11-15-7-8-16-9-12(15)3/h12,14H,5-11H2,1-4H3. The van der Waals surface area contributed by atoms with Gasteiger partial charge in [-0.1, -0.05) is 20.8 Å². The Labute approximate surface area is 101 Å². The van der Waals surface area contributed by atoms with Crippen molar-refractivity contribution in [2.75, 3.05) is 39.4 Å². The number of rotatable bonds is 6. The van der Waals surface area contributed by atoms with Crippen molar-refractivity contribution in [2.24, 2.45) is 5.41 Å². The van der Waals surface area contributed by atoms with E-state index in [0.29, 0.717) is 11.5 Å². The first-order chi connectivity index (χ1) is 7.61. The van der Waals surface area contributed by atoms with E-state index in [-0.39, 0.29) is 0 Å². The molecule has 0 amide bonds. The van der Waals surface area contributed by atoms with E-state index in [1.54, 1.807) is 0 Å². The lowest BCUT2D eigenvalue weighted by atomic mass is 9.86. The average molecular weight is 228 g/mol. The second kappa shape index (κ2) is 6.58. The molecule has 0 saturated carbocycles. The first kappa shape index (κ1) is 13.9. The Morgan fingerprint density at radius 2 is 2.19 bits per heavy atom. The van der Waals surface area contributed by atoms with Crippen LogP contribution in [0.2, 0.25) is 0 Å². The van der Waals surface area contributed by atoms with Crippen LogP contribution in [-0.2, 0) is 4.74 Å². The SMILES string of the molecule is CCNCC(C)(CC)CN1CCOCC1C. The lowest BCUT2D eigenvalue weighted by Gasteiger charge is -2.40. The van der Waals surface area contributed by atoms with Crippen molar-refractivity contribution in [3.8, 4) is 0 Å². The van der Waals surface area contributed by atoms with Gasteiger partial charge in [0.05, 0.1) is 13.2 Å². The van der Waals surface area contributed by atoms with Gasteiger partial charge in [-0.25, -0.2) is 0 Å². The van der Waals surface area contributed by atoms with Gasteiger partial charge in [-0.2, -0.15) is 0 Å². The number of morpholine rings is 1. The highest BCUT2D eigenvalue weighted by Crippen LogP contribution is 2.23. The van der Waals surface area contributed by atoms with Crippen LogP contribution < -0.4 is 5.32 Å². The van der Waals surface area contributed by atoms with Gasteiger partial charge in [-0.05, 0) is 25.3 Å². The predicted molar refractivity (Wildman–Crippen MR) is 68.8 cm³/mol. The molecule has 3 heteroatoms. The zero-order valence-electron chi connectivity index (χ0n) is 11.4. The van der Waals surface area contributed by atoms with Gasteiger partial charge in [-0.15, -0.1) is 0 Å². The summed E-state index contributed by atoms with van der Waals surface area (Å²) in [7, 11) is 0. The minimum atomic E-state index is 0.390. The Kier molecular flexibility index (Phi) is 5.73. The van der Waals surface area contributed by atoms with E-state index in [1.807, 2.05) is 0 Å². The molecule has 0 radical (unpaired) electrons. The molecule has 0 aliphatic carbocycles. The molecule has 0 aromatic rings. The third-order valence-corrected chi connectivity index (χ3v) is 3.75. The molecule has 2 unspecified atom stereocenters. The fourth-order valence-electron chi connectivity index (χ4n) is 2.21. The Hall–Kier alpha value is -0.120. The van der Waals surface area contributed by atoms with E-state index >= 15 is 0 Å². The lowest BCUT2D eigenvalue weighted by molar-refractivity contribution is -0.0186. The largest absolute Gasteiger partial charge is 0.379 e. The maximum absolute atomic E-state index is 5.48. The predicted octanol–water partition coefficient (Wildman–Crippen LogP) is 1.73. The molecule has 96 valence electrons. The molecular weight excluding hydrogens is 200 g/mol. The summed E-state index contributed by atoms with van der Waals surface area (Å²) in [6.07, 6.45) is 1.23. The van der Waals surface area contributed by atoms with E-state index < -0.39 is 0 Å². The van der Waals surface area contributed by atoms with E-state index in [2.05, 4.69) is 37.9 Å². The second-order valence-corrected chi connectivity index (χ2v) is 5.34. The zero-order chi connectivity index (χ0) is 12.0. The first-order valence-corrected chi connectivity index (χ1v) is 6.64. The van der Waals surface area contributed by atoms with E-state index in [0.717, 1.165) is 32.8 Å². The van der Waals surface area contributed by atoms with E-state index in [9.17, 15) is 0 Å². The van der Waals surface area contributed by atoms with Crippen LogP contribution in [0.5, 0.6) is 0 Å². The minimum Gasteiger partial charge on any atom is -0.379 e. The van der Waals surface area contributed by atoms with Crippen LogP contribution in [0.4, 0.5) is 0 Å². The van der Waals surface area contributed by atoms with Gasteiger partial charge in [0.2, 0.25) is 0 Å². The van der Waals surface area contributed by atoms with Gasteiger partial charge >= 0.3 is 0 Å². The molecule has 0 bridgehead atoms. The van der Waals surface area contributed by atoms with Crippen LogP contribution in [0.1, 0.15) is 34.1 Å². The highest BCUT2D eigenvalue weighted by Gasteiger charge is 2.28. The lowest BCUT2D eigenvalue weighted by Crippen LogP contribution is -2.50. The van der Waals surface area contributed by atoms with Crippen molar-refractivity contribution >= 4 is 0 Å². The molecule has 1 fully saturated rings. The minimum absolute atomic E-state index is 0.390. The molecule has 2 atom stereocenters. The molecule has 1 saturated heterocycles. The fraction of sp³-hybridized carbons (Fsp3) is 1.00. The average Bonchev–Trinajstić information content (AvgIpc) is 2.30. The smallest absolute Gasteiger partial charge is 0.0619 e. The number of nitrogens with one attached hydrogen (secondary N) is 1. The zero-order valence-corrected chi connectivity index (χ0v) is 11.4. The van der Waals surface area contributed by atoms with Crippen LogP contribution in [-0.4, -0.2) is 50.3 Å². The summed E-state index contributed by atoms with van der Waals surface area (Å²) in [5, 5.41) is 3.49. The molecular formula is C13H28N2O. The molecule has 1 heterocycles. The number of nitrogens with zero attached hydrogens (tertiary/aromatic N) is 1. The highest BCUT2D eigenvalue weighted by atomic mass is 16.5. The second-order valence-electron chi connectivity index (χ2n) is 5.34.